The van der Waals surface area contributed by atoms with Gasteiger partial charge in [0.15, 0.2) is 0 Å². The number of nitrogens with two attached hydrogens (primary N) is 1. The quantitative estimate of drug-likeness (QED) is 0.341. The Morgan fingerprint density at radius 3 is 2.18 bits per heavy atom. The summed E-state index contributed by atoms with van der Waals surface area (Å²) in [4.78, 5) is 35.3. The molecule has 0 saturated carbocycles. The van der Waals surface area contributed by atoms with Crippen molar-refractivity contribution >= 4 is 17.5 Å². The van der Waals surface area contributed by atoms with Crippen LogP contribution in [0.2, 0.25) is 0 Å². The average molecular weight is 595 g/mol. The Hall–Kier alpha value is -3.84. The molecule has 3 saturated heterocycles. The summed E-state index contributed by atoms with van der Waals surface area (Å²) in [6, 6.07) is 23.9. The molecular formula is C37H46N4O3. The normalized spacial score (nSPS) is 22.7. The molecule has 232 valence electrons. The second-order valence-electron chi connectivity index (χ2n) is 12.7. The van der Waals surface area contributed by atoms with Crippen molar-refractivity contribution in [1.82, 2.24) is 9.80 Å². The number of amides is 2. The first-order chi connectivity index (χ1) is 21.4. The maximum Gasteiger partial charge on any atom is 0.256 e. The van der Waals surface area contributed by atoms with Crippen molar-refractivity contribution in [2.24, 2.45) is 5.73 Å². The predicted octanol–water partition coefficient (Wildman–Crippen LogP) is 6.11. The standard InChI is InChI=1S/C37H46N4O3/c1-3-44-35-23-33(39-18-11-6-12-19-39)32(22-31(35)26(2)38)36(42)41-25-30(28-15-9-5-10-16-28)21-34(41)37(43)40-20-17-29(24-40)27-13-7-4-8-14-27/h4-5,7-10,13-16,22-23,26,29-30,34H,3,6,11-12,17-21,24-25,38H2,1-2H3/t26-,29-,30-,34-/m0/s1. The predicted molar refractivity (Wildman–Crippen MR) is 175 cm³/mol. The van der Waals surface area contributed by atoms with E-state index in [2.05, 4.69) is 41.3 Å². The molecule has 7 nitrogen and oxygen atoms in total. The fourth-order valence-corrected chi connectivity index (χ4v) is 7.37. The Labute approximate surface area is 262 Å². The van der Waals surface area contributed by atoms with E-state index >= 15 is 0 Å². The number of hydrogen-bond acceptors (Lipinski definition) is 5. The lowest BCUT2D eigenvalue weighted by molar-refractivity contribution is -0.134. The van der Waals surface area contributed by atoms with Crippen LogP contribution in [0.25, 0.3) is 0 Å². The third-order valence-electron chi connectivity index (χ3n) is 9.73. The molecule has 3 aromatic rings. The molecule has 4 atom stereocenters. The highest BCUT2D eigenvalue weighted by atomic mass is 16.5. The van der Waals surface area contributed by atoms with Gasteiger partial charge in [-0.25, -0.2) is 0 Å². The fraction of sp³-hybridized carbons (Fsp3) is 0.459. The number of benzene rings is 3. The van der Waals surface area contributed by atoms with Gasteiger partial charge >= 0.3 is 0 Å². The number of piperidine rings is 1. The van der Waals surface area contributed by atoms with Gasteiger partial charge in [0.25, 0.3) is 5.91 Å². The average Bonchev–Trinajstić information content (AvgIpc) is 3.74. The zero-order valence-electron chi connectivity index (χ0n) is 26.2. The van der Waals surface area contributed by atoms with Gasteiger partial charge < -0.3 is 25.2 Å². The van der Waals surface area contributed by atoms with Crippen LogP contribution >= 0.6 is 0 Å². The smallest absolute Gasteiger partial charge is 0.256 e. The highest BCUT2D eigenvalue weighted by Crippen LogP contribution is 2.39. The van der Waals surface area contributed by atoms with E-state index in [9.17, 15) is 9.59 Å². The summed E-state index contributed by atoms with van der Waals surface area (Å²) < 4.78 is 6.05. The molecule has 3 aromatic carbocycles. The minimum absolute atomic E-state index is 0.0630. The molecule has 3 heterocycles. The van der Waals surface area contributed by atoms with E-state index in [-0.39, 0.29) is 23.8 Å². The van der Waals surface area contributed by atoms with Gasteiger partial charge in [0.2, 0.25) is 5.91 Å². The van der Waals surface area contributed by atoms with Gasteiger partial charge in [0, 0.05) is 62.2 Å². The summed E-state index contributed by atoms with van der Waals surface area (Å²) >= 11 is 0. The van der Waals surface area contributed by atoms with Gasteiger partial charge in [-0.05, 0) is 63.1 Å². The third-order valence-corrected chi connectivity index (χ3v) is 9.73. The van der Waals surface area contributed by atoms with Crippen molar-refractivity contribution in [3.63, 3.8) is 0 Å². The summed E-state index contributed by atoms with van der Waals surface area (Å²) in [5.41, 5.74) is 11.2. The minimum Gasteiger partial charge on any atom is -0.493 e. The van der Waals surface area contributed by atoms with Crippen LogP contribution in [0.5, 0.6) is 5.75 Å². The van der Waals surface area contributed by atoms with Crippen LogP contribution < -0.4 is 15.4 Å². The zero-order valence-corrected chi connectivity index (χ0v) is 26.2. The van der Waals surface area contributed by atoms with Gasteiger partial charge in [-0.1, -0.05) is 60.7 Å². The Morgan fingerprint density at radius 1 is 0.886 bits per heavy atom. The summed E-state index contributed by atoms with van der Waals surface area (Å²) in [5.74, 6) is 1.12. The zero-order chi connectivity index (χ0) is 30.6. The van der Waals surface area contributed by atoms with Crippen LogP contribution in [-0.4, -0.2) is 67.0 Å². The maximum atomic E-state index is 14.8. The molecule has 6 rings (SSSR count). The lowest BCUT2D eigenvalue weighted by atomic mass is 9.96. The van der Waals surface area contributed by atoms with E-state index in [1.54, 1.807) is 0 Å². The number of likely N-dealkylation sites (tertiary alicyclic amines) is 2. The number of rotatable bonds is 8. The van der Waals surface area contributed by atoms with Crippen LogP contribution in [-0.2, 0) is 4.79 Å². The number of nitrogens with zero attached hydrogens (tertiary/aromatic N) is 3. The van der Waals surface area contributed by atoms with Crippen molar-refractivity contribution < 1.29 is 14.3 Å². The summed E-state index contributed by atoms with van der Waals surface area (Å²) in [6.45, 7) is 8.12. The topological polar surface area (TPSA) is 79.1 Å². The lowest BCUT2D eigenvalue weighted by Gasteiger charge is -2.33. The molecule has 3 fully saturated rings. The lowest BCUT2D eigenvalue weighted by Crippen LogP contribution is -2.47. The Balaban J connectivity index is 1.35. The molecule has 0 spiro atoms. The molecule has 3 aliphatic heterocycles. The van der Waals surface area contributed by atoms with Crippen LogP contribution in [0.4, 0.5) is 5.69 Å². The van der Waals surface area contributed by atoms with Gasteiger partial charge in [-0.3, -0.25) is 9.59 Å². The molecule has 44 heavy (non-hydrogen) atoms. The van der Waals surface area contributed by atoms with Gasteiger partial charge in [0.05, 0.1) is 17.9 Å². The molecule has 2 N–H and O–H groups in total. The van der Waals surface area contributed by atoms with E-state index in [1.165, 1.54) is 17.5 Å². The fourth-order valence-electron chi connectivity index (χ4n) is 7.37. The third kappa shape index (κ3) is 6.20. The molecule has 2 amide bonds. The first-order valence-corrected chi connectivity index (χ1v) is 16.5. The van der Waals surface area contributed by atoms with Gasteiger partial charge in [-0.15, -0.1) is 0 Å². The number of hydrogen-bond donors (Lipinski definition) is 1. The molecule has 3 aliphatic rings. The van der Waals surface area contributed by atoms with Crippen LogP contribution in [0.15, 0.2) is 72.8 Å². The van der Waals surface area contributed by atoms with Gasteiger partial charge in [-0.2, -0.15) is 0 Å². The molecule has 0 radical (unpaired) electrons. The van der Waals surface area contributed by atoms with E-state index in [0.29, 0.717) is 44.1 Å². The maximum absolute atomic E-state index is 14.8. The number of anilines is 1. The van der Waals surface area contributed by atoms with E-state index in [0.717, 1.165) is 49.4 Å². The van der Waals surface area contributed by atoms with Crippen molar-refractivity contribution in [1.29, 1.82) is 0 Å². The summed E-state index contributed by atoms with van der Waals surface area (Å²) in [7, 11) is 0. The van der Waals surface area contributed by atoms with E-state index in [4.69, 9.17) is 10.5 Å². The Kier molecular flexibility index (Phi) is 9.22. The Bertz CT molecular complexity index is 1440. The summed E-state index contributed by atoms with van der Waals surface area (Å²) in [5, 5.41) is 0. The largest absolute Gasteiger partial charge is 0.493 e. The first kappa shape index (κ1) is 30.2. The van der Waals surface area contributed by atoms with Gasteiger partial charge in [0.1, 0.15) is 11.8 Å². The monoisotopic (exact) mass is 594 g/mol. The number of ether oxygens (including phenoxy) is 1. The highest BCUT2D eigenvalue weighted by molar-refractivity contribution is 6.03. The number of carbonyl (C=O) groups excluding carboxylic acids is 2. The SMILES string of the molecule is CCOc1cc(N2CCCCC2)c(C(=O)N2C[C@@H](c3ccccc3)C[C@H]2C(=O)N2CC[C@H](c3ccccc3)C2)cc1[C@H](C)N. The van der Waals surface area contributed by atoms with Crippen molar-refractivity contribution in [2.75, 3.05) is 44.2 Å². The second-order valence-corrected chi connectivity index (χ2v) is 12.7. The van der Waals surface area contributed by atoms with E-state index < -0.39 is 6.04 Å². The highest BCUT2D eigenvalue weighted by Gasteiger charge is 2.44. The van der Waals surface area contributed by atoms with Crippen LogP contribution in [0, 0.1) is 0 Å². The van der Waals surface area contributed by atoms with Crippen molar-refractivity contribution in [3.8, 4) is 5.75 Å². The van der Waals surface area contributed by atoms with Crippen molar-refractivity contribution in [3.05, 3.63) is 95.1 Å². The molecule has 0 aliphatic carbocycles. The van der Waals surface area contributed by atoms with Crippen LogP contribution in [0.3, 0.4) is 0 Å². The van der Waals surface area contributed by atoms with Crippen LogP contribution in [0.1, 0.15) is 90.9 Å². The molecule has 0 unspecified atom stereocenters. The molecule has 0 bridgehead atoms. The molecule has 7 heteroatoms. The first-order valence-electron chi connectivity index (χ1n) is 16.5. The minimum atomic E-state index is -0.512. The number of carbonyl (C=O) groups is 2. The summed E-state index contributed by atoms with van der Waals surface area (Å²) in [6.07, 6.45) is 4.93. The molecule has 0 aromatic heterocycles. The van der Waals surface area contributed by atoms with E-state index in [1.807, 2.05) is 60.0 Å². The second kappa shape index (κ2) is 13.4. The molecular weight excluding hydrogens is 548 g/mol. The Morgan fingerprint density at radius 2 is 1.55 bits per heavy atom. The van der Waals surface area contributed by atoms with Crippen molar-refractivity contribution in [2.45, 2.75) is 69.9 Å².